The quantitative estimate of drug-likeness (QED) is 0.203. The van der Waals surface area contributed by atoms with Crippen molar-refractivity contribution in [1.29, 1.82) is 0 Å². The van der Waals surface area contributed by atoms with E-state index in [0.29, 0.717) is 45.7 Å². The van der Waals surface area contributed by atoms with E-state index in [-0.39, 0.29) is 22.8 Å². The van der Waals surface area contributed by atoms with Crippen molar-refractivity contribution in [3.8, 4) is 11.4 Å². The number of rotatable bonds is 9. The van der Waals surface area contributed by atoms with Gasteiger partial charge < -0.3 is 25.2 Å². The van der Waals surface area contributed by atoms with Gasteiger partial charge in [-0.15, -0.1) is 0 Å². The van der Waals surface area contributed by atoms with Crippen LogP contribution in [-0.4, -0.2) is 64.5 Å². The zero-order chi connectivity index (χ0) is 36.1. The summed E-state index contributed by atoms with van der Waals surface area (Å²) < 4.78 is 7.39. The van der Waals surface area contributed by atoms with Gasteiger partial charge in [0.2, 0.25) is 17.8 Å². The number of aryl methyl sites for hydroxylation is 1. The first-order valence-electron chi connectivity index (χ1n) is 19.4. The van der Waals surface area contributed by atoms with Gasteiger partial charge in [-0.25, -0.2) is 4.98 Å². The molecule has 2 aliphatic heterocycles. The lowest BCUT2D eigenvalue weighted by molar-refractivity contribution is -0.153. The number of pyridine rings is 1. The lowest BCUT2D eigenvalue weighted by Crippen LogP contribution is -2.73. The molecule has 7 aliphatic rings. The molecule has 0 radical (unpaired) electrons. The van der Waals surface area contributed by atoms with Crippen LogP contribution in [0.15, 0.2) is 59.5 Å². The van der Waals surface area contributed by atoms with Gasteiger partial charge in [-0.1, -0.05) is 6.07 Å². The van der Waals surface area contributed by atoms with Crippen molar-refractivity contribution < 1.29 is 14.3 Å². The number of hydrogen-bond acceptors (Lipinski definition) is 8. The van der Waals surface area contributed by atoms with Crippen LogP contribution in [0.25, 0.3) is 16.7 Å². The fourth-order valence-corrected chi connectivity index (χ4v) is 11.0. The Labute approximate surface area is 309 Å². The molecule has 4 bridgehead atoms. The van der Waals surface area contributed by atoms with E-state index in [4.69, 9.17) is 9.72 Å². The molecule has 2 N–H and O–H groups in total. The zero-order valence-electron chi connectivity index (χ0n) is 30.6. The molecule has 5 aliphatic carbocycles. The Hall–Kier alpha value is -4.93. The lowest BCUT2D eigenvalue weighted by Gasteiger charge is -2.62. The highest BCUT2D eigenvalue weighted by Crippen LogP contribution is 2.61. The molecule has 4 heterocycles. The van der Waals surface area contributed by atoms with Gasteiger partial charge in [0.05, 0.1) is 18.5 Å². The zero-order valence-corrected chi connectivity index (χ0v) is 30.6. The number of ether oxygens (including phenoxy) is 1. The molecule has 11 heteroatoms. The molecular formula is C42H47N7O4. The highest BCUT2D eigenvalue weighted by atomic mass is 16.5. The third-order valence-electron chi connectivity index (χ3n) is 13.2. The van der Waals surface area contributed by atoms with Crippen LogP contribution in [0, 0.1) is 41.4 Å². The van der Waals surface area contributed by atoms with E-state index >= 15 is 0 Å². The van der Waals surface area contributed by atoms with E-state index in [0.717, 1.165) is 79.8 Å². The average Bonchev–Trinajstić information content (AvgIpc) is 3.93. The van der Waals surface area contributed by atoms with Crippen molar-refractivity contribution in [2.75, 3.05) is 48.8 Å². The Morgan fingerprint density at radius 2 is 1.66 bits per heavy atom. The molecule has 2 aromatic heterocycles. The maximum atomic E-state index is 13.5. The number of hydrogen-bond donors (Lipinski definition) is 2. The van der Waals surface area contributed by atoms with Crippen molar-refractivity contribution in [3.63, 3.8) is 0 Å². The van der Waals surface area contributed by atoms with Crippen molar-refractivity contribution >= 4 is 45.9 Å². The highest BCUT2D eigenvalue weighted by molar-refractivity contribution is 5.94. The van der Waals surface area contributed by atoms with E-state index < -0.39 is 0 Å². The molecule has 0 unspecified atom stereocenters. The van der Waals surface area contributed by atoms with Crippen LogP contribution in [0.4, 0.5) is 23.0 Å². The number of aromatic nitrogens is 3. The molecule has 274 valence electrons. The largest absolute Gasteiger partial charge is 0.494 e. The summed E-state index contributed by atoms with van der Waals surface area (Å²) in [6.07, 6.45) is 12.4. The van der Waals surface area contributed by atoms with Crippen LogP contribution >= 0.6 is 0 Å². The standard InChI is InChI=1S/C42H47N7O4/c1-25-10-36(50)49(32-5-3-4-30(14-32)44-39(52)29-6-7-29)38-33(25)20-43-40(46-38)45-34-9-8-31(15-35(34)53-2)47-21-42(22-47)23-48(24-42)37(51)19-41-16-26-11-27(17-41)13-28(12-26)18-41/h3-5,8-10,14-15,20,26-29H,6-7,11-13,16-19,21-24H2,1-2H3,(H,44,52)(H,43,45,46). The van der Waals surface area contributed by atoms with Gasteiger partial charge in [-0.3, -0.25) is 19.0 Å². The smallest absolute Gasteiger partial charge is 0.257 e. The molecule has 2 saturated heterocycles. The number of anilines is 4. The predicted octanol–water partition coefficient (Wildman–Crippen LogP) is 6.44. The molecule has 11 nitrogen and oxygen atoms in total. The first-order chi connectivity index (χ1) is 25.6. The van der Waals surface area contributed by atoms with Gasteiger partial charge in [-0.05, 0) is 117 Å². The SMILES string of the molecule is COc1cc(N2CC3(CN(C(=O)CC45CC6CC(CC(C6)C4)C5)C3)C2)ccc1Nc1ncc2c(C)cc(=O)n(-c3cccc(NC(=O)C4CC4)c3)c2n1. The number of methoxy groups -OCH3 is 1. The first-order valence-corrected chi connectivity index (χ1v) is 19.4. The third kappa shape index (κ3) is 5.83. The minimum absolute atomic E-state index is 0.00855. The molecule has 53 heavy (non-hydrogen) atoms. The molecular weight excluding hydrogens is 667 g/mol. The summed E-state index contributed by atoms with van der Waals surface area (Å²) in [5.74, 6) is 4.09. The normalized spacial score (nSPS) is 26.3. The minimum Gasteiger partial charge on any atom is -0.494 e. The minimum atomic E-state index is -0.221. The second kappa shape index (κ2) is 12.0. The molecule has 2 amide bonds. The maximum Gasteiger partial charge on any atom is 0.257 e. The van der Waals surface area contributed by atoms with Gasteiger partial charge >= 0.3 is 0 Å². The number of likely N-dealkylation sites (tertiary alicyclic amines) is 1. The maximum absolute atomic E-state index is 13.5. The van der Waals surface area contributed by atoms with Crippen molar-refractivity contribution in [3.05, 3.63) is 70.6 Å². The molecule has 11 rings (SSSR count). The second-order valence-electron chi connectivity index (χ2n) is 17.5. The van der Waals surface area contributed by atoms with Gasteiger partial charge in [0.1, 0.15) is 5.75 Å². The predicted molar refractivity (Wildman–Crippen MR) is 204 cm³/mol. The summed E-state index contributed by atoms with van der Waals surface area (Å²) in [5.41, 5.74) is 4.54. The third-order valence-corrected chi connectivity index (χ3v) is 13.2. The van der Waals surface area contributed by atoms with Crippen molar-refractivity contribution in [2.45, 2.75) is 64.7 Å². The van der Waals surface area contributed by atoms with Gasteiger partial charge in [0.15, 0.2) is 5.65 Å². The lowest BCUT2D eigenvalue weighted by atomic mass is 9.48. The number of nitrogens with one attached hydrogen (secondary N) is 2. The molecule has 1 spiro atoms. The van der Waals surface area contributed by atoms with Crippen LogP contribution < -0.4 is 25.8 Å². The molecule has 0 atom stereocenters. The van der Waals surface area contributed by atoms with Crippen LogP contribution in [0.5, 0.6) is 5.75 Å². The monoisotopic (exact) mass is 713 g/mol. The summed E-state index contributed by atoms with van der Waals surface area (Å²) >= 11 is 0. The summed E-state index contributed by atoms with van der Waals surface area (Å²) in [6, 6.07) is 15.0. The Morgan fingerprint density at radius 3 is 2.36 bits per heavy atom. The van der Waals surface area contributed by atoms with Gasteiger partial charge in [-0.2, -0.15) is 4.98 Å². The molecule has 4 aromatic rings. The highest BCUT2D eigenvalue weighted by Gasteiger charge is 2.56. The van der Waals surface area contributed by atoms with Crippen molar-refractivity contribution in [1.82, 2.24) is 19.4 Å². The van der Waals surface area contributed by atoms with E-state index in [2.05, 4.69) is 31.5 Å². The first kappa shape index (κ1) is 32.7. The fourth-order valence-electron chi connectivity index (χ4n) is 11.0. The number of amides is 2. The number of fused-ring (bicyclic) bond motifs is 1. The van der Waals surface area contributed by atoms with E-state index in [1.807, 2.05) is 37.3 Å². The Kier molecular flexibility index (Phi) is 7.43. The van der Waals surface area contributed by atoms with E-state index in [9.17, 15) is 14.4 Å². The Morgan fingerprint density at radius 1 is 0.925 bits per heavy atom. The van der Waals surface area contributed by atoms with E-state index in [1.165, 1.54) is 38.5 Å². The summed E-state index contributed by atoms with van der Waals surface area (Å²) in [4.78, 5) is 53.3. The molecule has 5 saturated carbocycles. The summed E-state index contributed by atoms with van der Waals surface area (Å²) in [7, 11) is 1.65. The average molecular weight is 714 g/mol. The fraction of sp³-hybridized carbons (Fsp3) is 0.500. The van der Waals surface area contributed by atoms with E-state index in [1.54, 1.807) is 30.0 Å². The molecule has 7 fully saturated rings. The summed E-state index contributed by atoms with van der Waals surface area (Å²) in [5, 5.41) is 7.05. The van der Waals surface area contributed by atoms with Gasteiger partial charge in [0, 0.05) is 79.0 Å². The Bertz CT molecular complexity index is 2180. The van der Waals surface area contributed by atoms with Crippen LogP contribution in [-0.2, 0) is 9.59 Å². The number of nitrogens with zero attached hydrogens (tertiary/aromatic N) is 5. The number of benzene rings is 2. The van der Waals surface area contributed by atoms with Crippen LogP contribution in [0.1, 0.15) is 63.4 Å². The van der Waals surface area contributed by atoms with Crippen LogP contribution in [0.2, 0.25) is 0 Å². The molecule has 2 aromatic carbocycles. The number of carbonyl (C=O) groups excluding carboxylic acids is 2. The number of carbonyl (C=O) groups is 2. The topological polar surface area (TPSA) is 122 Å². The summed E-state index contributed by atoms with van der Waals surface area (Å²) in [6.45, 7) is 5.48. The van der Waals surface area contributed by atoms with Crippen LogP contribution in [0.3, 0.4) is 0 Å². The van der Waals surface area contributed by atoms with Gasteiger partial charge in [0.25, 0.3) is 5.56 Å². The van der Waals surface area contributed by atoms with Crippen molar-refractivity contribution in [2.24, 2.45) is 34.5 Å². The Balaban J connectivity index is 0.819. The second-order valence-corrected chi connectivity index (χ2v) is 17.5.